The van der Waals surface area contributed by atoms with Crippen molar-refractivity contribution in [3.05, 3.63) is 29.3 Å². The smallest absolute Gasteiger partial charge is 0.248 e. The largest absolute Gasteiger partial charge is 0.316 e. The fourth-order valence-electron chi connectivity index (χ4n) is 3.20. The molecular weight excluding hydrogens is 276 g/mol. The topological polar surface area (TPSA) is 49.6 Å². The van der Waals surface area contributed by atoms with E-state index in [1.54, 1.807) is 0 Å². The molecule has 2 aliphatic heterocycles. The van der Waals surface area contributed by atoms with E-state index in [0.29, 0.717) is 18.2 Å². The van der Waals surface area contributed by atoms with E-state index < -0.39 is 17.7 Å². The summed E-state index contributed by atoms with van der Waals surface area (Å²) in [4.78, 5) is 16.0. The third kappa shape index (κ3) is 2.53. The molecule has 1 atom stereocenters. The van der Waals surface area contributed by atoms with Crippen LogP contribution in [0.3, 0.4) is 0 Å². The molecule has 1 saturated heterocycles. The van der Waals surface area contributed by atoms with Gasteiger partial charge in [-0.05, 0) is 45.0 Å². The summed E-state index contributed by atoms with van der Waals surface area (Å²) in [5.41, 5.74) is 6.21. The van der Waals surface area contributed by atoms with Crippen LogP contribution in [0, 0.1) is 17.6 Å². The molecular formula is C15H19F2N3O. The molecule has 2 N–H and O–H groups in total. The molecule has 21 heavy (non-hydrogen) atoms. The third-order valence-corrected chi connectivity index (χ3v) is 4.49. The Hall–Kier alpha value is -1.53. The molecule has 1 aromatic rings. The maximum absolute atomic E-state index is 13.9. The Morgan fingerprint density at radius 3 is 2.62 bits per heavy atom. The van der Waals surface area contributed by atoms with E-state index in [2.05, 4.69) is 11.9 Å². The fourth-order valence-corrected chi connectivity index (χ4v) is 3.20. The van der Waals surface area contributed by atoms with Gasteiger partial charge in [0.1, 0.15) is 17.7 Å². The second-order valence-corrected chi connectivity index (χ2v) is 5.99. The summed E-state index contributed by atoms with van der Waals surface area (Å²) >= 11 is 0. The highest BCUT2D eigenvalue weighted by atomic mass is 19.1. The van der Waals surface area contributed by atoms with Crippen LogP contribution in [0.4, 0.5) is 14.5 Å². The molecule has 1 aromatic carbocycles. The molecule has 114 valence electrons. The van der Waals surface area contributed by atoms with Gasteiger partial charge >= 0.3 is 0 Å². The zero-order valence-electron chi connectivity index (χ0n) is 12.0. The van der Waals surface area contributed by atoms with Crippen LogP contribution in [0.1, 0.15) is 24.4 Å². The average Bonchev–Trinajstić information content (AvgIpc) is 2.66. The summed E-state index contributed by atoms with van der Waals surface area (Å²) in [6.07, 6.45) is 1.95. The van der Waals surface area contributed by atoms with Crippen molar-refractivity contribution in [2.24, 2.45) is 11.7 Å². The van der Waals surface area contributed by atoms with Gasteiger partial charge in [-0.25, -0.2) is 8.78 Å². The first kappa shape index (κ1) is 14.4. The number of nitrogens with zero attached hydrogens (tertiary/aromatic N) is 2. The quantitative estimate of drug-likeness (QED) is 0.902. The first-order valence-electron chi connectivity index (χ1n) is 7.22. The van der Waals surface area contributed by atoms with Crippen molar-refractivity contribution in [2.75, 3.05) is 31.6 Å². The monoisotopic (exact) mass is 295 g/mol. The minimum absolute atomic E-state index is 0.120. The van der Waals surface area contributed by atoms with Crippen LogP contribution in [0.2, 0.25) is 0 Å². The molecule has 0 saturated carbocycles. The molecule has 0 aromatic heterocycles. The number of piperidine rings is 1. The first-order chi connectivity index (χ1) is 9.97. The number of benzene rings is 1. The van der Waals surface area contributed by atoms with Gasteiger partial charge in [-0.3, -0.25) is 4.79 Å². The standard InChI is InChI=1S/C15H19F2N3O/c1-19-4-2-9(3-5-19)8-20-12-7-10(16)6-11(17)13(12)14(18)15(20)21/h6-7,9,14H,2-5,8,18H2,1H3. The van der Waals surface area contributed by atoms with Gasteiger partial charge in [-0.2, -0.15) is 0 Å². The van der Waals surface area contributed by atoms with Crippen molar-refractivity contribution in [3.63, 3.8) is 0 Å². The highest BCUT2D eigenvalue weighted by Crippen LogP contribution is 2.38. The molecule has 0 bridgehead atoms. The van der Waals surface area contributed by atoms with Crippen molar-refractivity contribution < 1.29 is 13.6 Å². The zero-order chi connectivity index (χ0) is 15.1. The summed E-state index contributed by atoms with van der Waals surface area (Å²) < 4.78 is 27.3. The van der Waals surface area contributed by atoms with Crippen LogP contribution in [-0.4, -0.2) is 37.5 Å². The van der Waals surface area contributed by atoms with Crippen molar-refractivity contribution >= 4 is 11.6 Å². The second-order valence-electron chi connectivity index (χ2n) is 5.99. The number of rotatable bonds is 2. The minimum Gasteiger partial charge on any atom is -0.316 e. The molecule has 0 radical (unpaired) electrons. The second kappa shape index (κ2) is 5.35. The minimum atomic E-state index is -1.02. The Morgan fingerprint density at radius 1 is 1.29 bits per heavy atom. The average molecular weight is 295 g/mol. The normalized spacial score (nSPS) is 23.7. The molecule has 4 nitrogen and oxygen atoms in total. The first-order valence-corrected chi connectivity index (χ1v) is 7.22. The van der Waals surface area contributed by atoms with Gasteiger partial charge in [0.15, 0.2) is 0 Å². The van der Waals surface area contributed by atoms with Crippen molar-refractivity contribution in [1.82, 2.24) is 4.90 Å². The van der Waals surface area contributed by atoms with E-state index in [-0.39, 0.29) is 11.5 Å². The number of carbonyl (C=O) groups is 1. The van der Waals surface area contributed by atoms with E-state index in [4.69, 9.17) is 5.73 Å². The highest BCUT2D eigenvalue weighted by molar-refractivity contribution is 6.04. The van der Waals surface area contributed by atoms with Crippen LogP contribution in [0.5, 0.6) is 0 Å². The number of nitrogens with two attached hydrogens (primary N) is 1. The van der Waals surface area contributed by atoms with E-state index in [0.717, 1.165) is 32.0 Å². The number of fused-ring (bicyclic) bond motifs is 1. The van der Waals surface area contributed by atoms with Gasteiger partial charge < -0.3 is 15.5 Å². The summed E-state index contributed by atoms with van der Waals surface area (Å²) in [5, 5.41) is 0. The Kier molecular flexibility index (Phi) is 3.67. The number of hydrogen-bond donors (Lipinski definition) is 1. The third-order valence-electron chi connectivity index (χ3n) is 4.49. The van der Waals surface area contributed by atoms with Crippen LogP contribution in [0.15, 0.2) is 12.1 Å². The van der Waals surface area contributed by atoms with Crippen molar-refractivity contribution in [1.29, 1.82) is 0 Å². The van der Waals surface area contributed by atoms with Gasteiger partial charge in [-0.15, -0.1) is 0 Å². The molecule has 1 amide bonds. The van der Waals surface area contributed by atoms with Crippen LogP contribution < -0.4 is 10.6 Å². The number of hydrogen-bond acceptors (Lipinski definition) is 3. The molecule has 0 aliphatic carbocycles. The lowest BCUT2D eigenvalue weighted by atomic mass is 9.96. The lowest BCUT2D eigenvalue weighted by molar-refractivity contribution is -0.119. The molecule has 0 spiro atoms. The Labute approximate surface area is 122 Å². The number of likely N-dealkylation sites (tertiary alicyclic amines) is 1. The summed E-state index contributed by atoms with van der Waals surface area (Å²) in [6, 6.07) is 0.968. The fraction of sp³-hybridized carbons (Fsp3) is 0.533. The van der Waals surface area contributed by atoms with E-state index in [1.165, 1.54) is 11.0 Å². The molecule has 2 heterocycles. The number of carbonyl (C=O) groups excluding carboxylic acids is 1. The summed E-state index contributed by atoms with van der Waals surface area (Å²) in [6.45, 7) is 2.43. The van der Waals surface area contributed by atoms with E-state index >= 15 is 0 Å². The molecule has 3 rings (SSSR count). The molecule has 2 aliphatic rings. The number of anilines is 1. The lowest BCUT2D eigenvalue weighted by Crippen LogP contribution is -2.39. The van der Waals surface area contributed by atoms with Gasteiger partial charge in [0.25, 0.3) is 0 Å². The Bertz CT molecular complexity index is 570. The Morgan fingerprint density at radius 2 is 1.95 bits per heavy atom. The molecule has 6 heteroatoms. The summed E-state index contributed by atoms with van der Waals surface area (Å²) in [7, 11) is 2.06. The zero-order valence-corrected chi connectivity index (χ0v) is 12.0. The highest BCUT2D eigenvalue weighted by Gasteiger charge is 2.38. The van der Waals surface area contributed by atoms with Crippen molar-refractivity contribution in [3.8, 4) is 0 Å². The SMILES string of the molecule is CN1CCC(CN2C(=O)C(N)c3c(F)cc(F)cc32)CC1. The predicted octanol–water partition coefficient (Wildman–Crippen LogP) is 1.65. The Balaban J connectivity index is 1.85. The van der Waals surface area contributed by atoms with E-state index in [9.17, 15) is 13.6 Å². The lowest BCUT2D eigenvalue weighted by Gasteiger charge is -2.31. The maximum Gasteiger partial charge on any atom is 0.248 e. The number of halogens is 2. The number of amides is 1. The van der Waals surface area contributed by atoms with Gasteiger partial charge in [-0.1, -0.05) is 0 Å². The van der Waals surface area contributed by atoms with Gasteiger partial charge in [0.2, 0.25) is 5.91 Å². The van der Waals surface area contributed by atoms with Crippen LogP contribution in [0.25, 0.3) is 0 Å². The van der Waals surface area contributed by atoms with E-state index in [1.807, 2.05) is 0 Å². The summed E-state index contributed by atoms with van der Waals surface area (Å²) in [5.74, 6) is -1.42. The van der Waals surface area contributed by atoms with Crippen LogP contribution >= 0.6 is 0 Å². The van der Waals surface area contributed by atoms with Gasteiger partial charge in [0, 0.05) is 18.2 Å². The molecule has 1 unspecified atom stereocenters. The van der Waals surface area contributed by atoms with Crippen LogP contribution in [-0.2, 0) is 4.79 Å². The van der Waals surface area contributed by atoms with Gasteiger partial charge in [0.05, 0.1) is 5.69 Å². The van der Waals surface area contributed by atoms with Crippen molar-refractivity contribution in [2.45, 2.75) is 18.9 Å². The molecule has 1 fully saturated rings. The maximum atomic E-state index is 13.9. The predicted molar refractivity (Wildman–Crippen MR) is 75.9 cm³/mol.